The van der Waals surface area contributed by atoms with E-state index >= 15 is 0 Å². The SMILES string of the molecule is CC(C)N(CCBr)Cc1cnc2ccccc2c1. The van der Waals surface area contributed by atoms with Crippen LogP contribution in [-0.2, 0) is 6.54 Å². The largest absolute Gasteiger partial charge is 0.296 e. The number of alkyl halides is 1. The number of rotatable bonds is 5. The van der Waals surface area contributed by atoms with E-state index in [0.717, 1.165) is 23.9 Å². The third kappa shape index (κ3) is 3.30. The van der Waals surface area contributed by atoms with Gasteiger partial charge in [0.05, 0.1) is 5.52 Å². The monoisotopic (exact) mass is 306 g/mol. The van der Waals surface area contributed by atoms with E-state index in [1.807, 2.05) is 12.3 Å². The van der Waals surface area contributed by atoms with Crippen LogP contribution >= 0.6 is 15.9 Å². The maximum absolute atomic E-state index is 4.52. The smallest absolute Gasteiger partial charge is 0.0702 e. The Morgan fingerprint density at radius 1 is 1.28 bits per heavy atom. The van der Waals surface area contributed by atoms with Crippen LogP contribution in [0, 0.1) is 0 Å². The predicted octanol–water partition coefficient (Wildman–Crippen LogP) is 3.84. The van der Waals surface area contributed by atoms with Gasteiger partial charge in [-0.2, -0.15) is 0 Å². The van der Waals surface area contributed by atoms with Crippen molar-refractivity contribution in [1.82, 2.24) is 9.88 Å². The average molecular weight is 307 g/mol. The molecule has 2 nitrogen and oxygen atoms in total. The molecule has 1 aromatic carbocycles. The molecule has 0 saturated heterocycles. The molecule has 0 fully saturated rings. The summed E-state index contributed by atoms with van der Waals surface area (Å²) in [5.74, 6) is 0. The van der Waals surface area contributed by atoms with E-state index in [4.69, 9.17) is 0 Å². The zero-order chi connectivity index (χ0) is 13.0. The Kier molecular flexibility index (Phi) is 4.72. The Bertz CT molecular complexity index is 511. The quantitative estimate of drug-likeness (QED) is 0.780. The molecule has 0 unspecified atom stereocenters. The van der Waals surface area contributed by atoms with Gasteiger partial charge in [0.2, 0.25) is 0 Å². The number of hydrogen-bond donors (Lipinski definition) is 0. The van der Waals surface area contributed by atoms with Gasteiger partial charge in [-0.3, -0.25) is 9.88 Å². The van der Waals surface area contributed by atoms with Crippen LogP contribution in [0.2, 0.25) is 0 Å². The Labute approximate surface area is 117 Å². The second-order valence-electron chi connectivity index (χ2n) is 4.79. The molecule has 0 atom stereocenters. The van der Waals surface area contributed by atoms with Crippen molar-refractivity contribution in [2.45, 2.75) is 26.4 Å². The normalized spacial score (nSPS) is 11.6. The van der Waals surface area contributed by atoms with Gasteiger partial charge in [0.1, 0.15) is 0 Å². The summed E-state index contributed by atoms with van der Waals surface area (Å²) in [6, 6.07) is 11.1. The van der Waals surface area contributed by atoms with E-state index in [2.05, 4.69) is 63.9 Å². The Hall–Kier alpha value is -0.930. The number of para-hydroxylation sites is 1. The van der Waals surface area contributed by atoms with Gasteiger partial charge in [-0.05, 0) is 31.5 Å². The summed E-state index contributed by atoms with van der Waals surface area (Å²) in [6.07, 6.45) is 1.99. The van der Waals surface area contributed by atoms with E-state index in [1.54, 1.807) is 0 Å². The van der Waals surface area contributed by atoms with Crippen LogP contribution < -0.4 is 0 Å². The van der Waals surface area contributed by atoms with E-state index in [0.29, 0.717) is 6.04 Å². The second kappa shape index (κ2) is 6.30. The summed E-state index contributed by atoms with van der Waals surface area (Å²) in [4.78, 5) is 6.96. The Balaban J connectivity index is 2.20. The van der Waals surface area contributed by atoms with Crippen LogP contribution in [0.15, 0.2) is 36.5 Å². The van der Waals surface area contributed by atoms with Gasteiger partial charge in [0.25, 0.3) is 0 Å². The number of hydrogen-bond acceptors (Lipinski definition) is 2. The highest BCUT2D eigenvalue weighted by Gasteiger charge is 2.09. The van der Waals surface area contributed by atoms with Crippen LogP contribution in [0.4, 0.5) is 0 Å². The summed E-state index contributed by atoms with van der Waals surface area (Å²) < 4.78 is 0. The fraction of sp³-hybridized carbons (Fsp3) is 0.400. The number of halogens is 1. The van der Waals surface area contributed by atoms with Gasteiger partial charge >= 0.3 is 0 Å². The van der Waals surface area contributed by atoms with Crippen molar-refractivity contribution in [2.75, 3.05) is 11.9 Å². The van der Waals surface area contributed by atoms with Crippen LogP contribution in [0.5, 0.6) is 0 Å². The molecule has 1 aromatic heterocycles. The van der Waals surface area contributed by atoms with Gasteiger partial charge < -0.3 is 0 Å². The van der Waals surface area contributed by atoms with Crippen molar-refractivity contribution in [3.05, 3.63) is 42.1 Å². The molecule has 0 aliphatic rings. The third-order valence-corrected chi connectivity index (χ3v) is 3.49. The van der Waals surface area contributed by atoms with E-state index in [-0.39, 0.29) is 0 Å². The molecule has 2 aromatic rings. The van der Waals surface area contributed by atoms with Gasteiger partial charge in [0, 0.05) is 36.0 Å². The minimum Gasteiger partial charge on any atom is -0.296 e. The third-order valence-electron chi connectivity index (χ3n) is 3.13. The number of nitrogens with zero attached hydrogens (tertiary/aromatic N) is 2. The molecule has 0 N–H and O–H groups in total. The maximum Gasteiger partial charge on any atom is 0.0702 e. The van der Waals surface area contributed by atoms with Crippen molar-refractivity contribution in [1.29, 1.82) is 0 Å². The van der Waals surface area contributed by atoms with Crippen LogP contribution in [-0.4, -0.2) is 27.8 Å². The lowest BCUT2D eigenvalue weighted by Crippen LogP contribution is -2.32. The number of aromatic nitrogens is 1. The molecule has 0 amide bonds. The summed E-state index contributed by atoms with van der Waals surface area (Å²) in [7, 11) is 0. The molecule has 0 radical (unpaired) electrons. The lowest BCUT2D eigenvalue weighted by molar-refractivity contribution is 0.227. The summed E-state index contributed by atoms with van der Waals surface area (Å²) >= 11 is 3.51. The van der Waals surface area contributed by atoms with Crippen molar-refractivity contribution in [2.24, 2.45) is 0 Å². The molecule has 0 spiro atoms. The zero-order valence-corrected chi connectivity index (χ0v) is 12.5. The minimum atomic E-state index is 0.550. The van der Waals surface area contributed by atoms with Crippen LogP contribution in [0.3, 0.4) is 0 Å². The first-order valence-electron chi connectivity index (χ1n) is 6.34. The average Bonchev–Trinajstić information content (AvgIpc) is 2.38. The highest BCUT2D eigenvalue weighted by molar-refractivity contribution is 9.09. The van der Waals surface area contributed by atoms with Crippen LogP contribution in [0.25, 0.3) is 10.9 Å². The first-order chi connectivity index (χ1) is 8.70. The molecule has 18 heavy (non-hydrogen) atoms. The molecule has 0 bridgehead atoms. The van der Waals surface area contributed by atoms with Crippen molar-refractivity contribution in [3.8, 4) is 0 Å². The van der Waals surface area contributed by atoms with Gasteiger partial charge in [-0.1, -0.05) is 34.1 Å². The molecular weight excluding hydrogens is 288 g/mol. The molecule has 0 aliphatic carbocycles. The summed E-state index contributed by atoms with van der Waals surface area (Å²) in [5, 5.41) is 2.23. The summed E-state index contributed by atoms with van der Waals surface area (Å²) in [5.41, 5.74) is 2.35. The minimum absolute atomic E-state index is 0.550. The van der Waals surface area contributed by atoms with E-state index in [9.17, 15) is 0 Å². The lowest BCUT2D eigenvalue weighted by atomic mass is 10.1. The first kappa shape index (κ1) is 13.5. The first-order valence-corrected chi connectivity index (χ1v) is 7.46. The predicted molar refractivity (Wildman–Crippen MR) is 81.1 cm³/mol. The van der Waals surface area contributed by atoms with Crippen LogP contribution in [0.1, 0.15) is 19.4 Å². The topological polar surface area (TPSA) is 16.1 Å². The molecule has 96 valence electrons. The van der Waals surface area contributed by atoms with E-state index in [1.165, 1.54) is 10.9 Å². The fourth-order valence-electron chi connectivity index (χ4n) is 2.07. The van der Waals surface area contributed by atoms with Crippen molar-refractivity contribution in [3.63, 3.8) is 0 Å². The molecule has 0 aliphatic heterocycles. The maximum atomic E-state index is 4.52. The molecule has 1 heterocycles. The molecule has 2 rings (SSSR count). The fourth-order valence-corrected chi connectivity index (χ4v) is 2.52. The summed E-state index contributed by atoms with van der Waals surface area (Å²) in [6.45, 7) is 6.49. The number of benzene rings is 1. The standard InChI is InChI=1S/C15H19BrN2/c1-12(2)18(8-7-16)11-13-9-14-5-3-4-6-15(14)17-10-13/h3-6,9-10,12H,7-8,11H2,1-2H3. The molecular formula is C15H19BrN2. The number of fused-ring (bicyclic) bond motifs is 1. The number of pyridine rings is 1. The van der Waals surface area contributed by atoms with E-state index < -0.39 is 0 Å². The highest BCUT2D eigenvalue weighted by atomic mass is 79.9. The highest BCUT2D eigenvalue weighted by Crippen LogP contribution is 2.15. The Morgan fingerprint density at radius 3 is 2.78 bits per heavy atom. The second-order valence-corrected chi connectivity index (χ2v) is 5.58. The van der Waals surface area contributed by atoms with Gasteiger partial charge in [-0.15, -0.1) is 0 Å². The molecule has 3 heteroatoms. The van der Waals surface area contributed by atoms with Gasteiger partial charge in [-0.25, -0.2) is 0 Å². The lowest BCUT2D eigenvalue weighted by Gasteiger charge is -2.25. The van der Waals surface area contributed by atoms with Crippen molar-refractivity contribution < 1.29 is 0 Å². The Morgan fingerprint density at radius 2 is 2.06 bits per heavy atom. The zero-order valence-electron chi connectivity index (χ0n) is 10.9. The van der Waals surface area contributed by atoms with Gasteiger partial charge in [0.15, 0.2) is 0 Å². The molecule has 0 saturated carbocycles. The van der Waals surface area contributed by atoms with Crippen molar-refractivity contribution >= 4 is 26.8 Å².